The van der Waals surface area contributed by atoms with Crippen LogP contribution in [0.25, 0.3) is 0 Å². The Labute approximate surface area is 132 Å². The van der Waals surface area contributed by atoms with Gasteiger partial charge in [0.15, 0.2) is 0 Å². The number of hydrogen-bond donors (Lipinski definition) is 1. The van der Waals surface area contributed by atoms with Crippen molar-refractivity contribution in [2.24, 2.45) is 0 Å². The minimum Gasteiger partial charge on any atom is -0.494 e. The maximum absolute atomic E-state index is 5.87. The van der Waals surface area contributed by atoms with E-state index in [4.69, 9.17) is 16.3 Å². The van der Waals surface area contributed by atoms with Gasteiger partial charge in [0, 0.05) is 11.6 Å². The zero-order valence-electron chi connectivity index (χ0n) is 12.4. The van der Waals surface area contributed by atoms with Crippen LogP contribution in [0.5, 0.6) is 5.75 Å². The fourth-order valence-corrected chi connectivity index (χ4v) is 2.17. The summed E-state index contributed by atoms with van der Waals surface area (Å²) in [5.41, 5.74) is 2.57. The van der Waals surface area contributed by atoms with Crippen molar-refractivity contribution in [2.75, 3.05) is 13.2 Å². The molecule has 1 N–H and O–H groups in total. The first-order valence-electron chi connectivity index (χ1n) is 7.45. The molecule has 21 heavy (non-hydrogen) atoms. The molecule has 0 saturated heterocycles. The number of benzene rings is 2. The van der Waals surface area contributed by atoms with Crippen LogP contribution in [0.2, 0.25) is 5.02 Å². The molecule has 0 aliphatic carbocycles. The Morgan fingerprint density at radius 2 is 1.62 bits per heavy atom. The van der Waals surface area contributed by atoms with Gasteiger partial charge in [0.1, 0.15) is 5.75 Å². The molecule has 0 unspecified atom stereocenters. The second-order valence-corrected chi connectivity index (χ2v) is 5.48. The number of hydrogen-bond acceptors (Lipinski definition) is 2. The van der Waals surface area contributed by atoms with Gasteiger partial charge in [0.05, 0.1) is 6.61 Å². The van der Waals surface area contributed by atoms with Crippen LogP contribution in [0.4, 0.5) is 0 Å². The van der Waals surface area contributed by atoms with Gasteiger partial charge in [-0.3, -0.25) is 0 Å². The third kappa shape index (κ3) is 5.78. The molecule has 3 heteroatoms. The van der Waals surface area contributed by atoms with Crippen LogP contribution < -0.4 is 10.1 Å². The van der Waals surface area contributed by atoms with Gasteiger partial charge in [0.25, 0.3) is 0 Å². The minimum absolute atomic E-state index is 0.776. The topological polar surface area (TPSA) is 21.3 Å². The fraction of sp³-hybridized carbons (Fsp3) is 0.333. The fourth-order valence-electron chi connectivity index (χ4n) is 2.04. The van der Waals surface area contributed by atoms with Gasteiger partial charge < -0.3 is 10.1 Å². The third-order valence-corrected chi connectivity index (χ3v) is 3.48. The molecule has 0 aromatic heterocycles. The number of halogens is 1. The van der Waals surface area contributed by atoms with E-state index in [1.54, 1.807) is 0 Å². The predicted octanol–water partition coefficient (Wildman–Crippen LogP) is 4.46. The molecule has 0 aliphatic rings. The molecule has 0 amide bonds. The summed E-state index contributed by atoms with van der Waals surface area (Å²) >= 11 is 5.87. The van der Waals surface area contributed by atoms with Gasteiger partial charge in [-0.05, 0) is 54.8 Å². The summed E-state index contributed by atoms with van der Waals surface area (Å²) in [6.07, 6.45) is 2.04. The number of ether oxygens (including phenoxy) is 1. The van der Waals surface area contributed by atoms with Crippen LogP contribution >= 0.6 is 11.6 Å². The molecular weight excluding hydrogens is 282 g/mol. The summed E-state index contributed by atoms with van der Waals surface area (Å²) in [5, 5.41) is 4.24. The Morgan fingerprint density at radius 3 is 2.29 bits per heavy atom. The van der Waals surface area contributed by atoms with Crippen molar-refractivity contribution in [1.29, 1.82) is 0 Å². The van der Waals surface area contributed by atoms with Crippen molar-refractivity contribution in [1.82, 2.24) is 5.32 Å². The Morgan fingerprint density at radius 1 is 0.952 bits per heavy atom. The Kier molecular flexibility index (Phi) is 6.58. The quantitative estimate of drug-likeness (QED) is 0.727. The Bertz CT molecular complexity index is 522. The zero-order chi connectivity index (χ0) is 14.9. The summed E-state index contributed by atoms with van der Waals surface area (Å²) in [5.74, 6) is 0.946. The molecule has 0 aliphatic heterocycles. The monoisotopic (exact) mass is 303 g/mol. The normalized spacial score (nSPS) is 10.6. The lowest BCUT2D eigenvalue weighted by Crippen LogP contribution is -2.16. The lowest BCUT2D eigenvalue weighted by Gasteiger charge is -2.07. The highest BCUT2D eigenvalue weighted by Crippen LogP contribution is 2.12. The molecule has 0 heterocycles. The van der Waals surface area contributed by atoms with Gasteiger partial charge in [-0.1, -0.05) is 42.8 Å². The van der Waals surface area contributed by atoms with Crippen molar-refractivity contribution in [3.63, 3.8) is 0 Å². The second kappa shape index (κ2) is 8.71. The first-order chi connectivity index (χ1) is 10.3. The van der Waals surface area contributed by atoms with Crippen molar-refractivity contribution in [2.45, 2.75) is 26.3 Å². The first kappa shape index (κ1) is 15.9. The van der Waals surface area contributed by atoms with Crippen LogP contribution in [0.1, 0.15) is 24.5 Å². The molecule has 0 saturated carbocycles. The first-order valence-corrected chi connectivity index (χ1v) is 7.82. The van der Waals surface area contributed by atoms with E-state index in [9.17, 15) is 0 Å². The molecule has 0 bridgehead atoms. The standard InChI is InChI=1S/C18H22ClNO/c1-2-13-21-18-9-5-16(6-10-18)14-20-12-11-15-3-7-17(19)8-4-15/h3-10,20H,2,11-14H2,1H3. The van der Waals surface area contributed by atoms with E-state index in [1.807, 2.05) is 24.3 Å². The molecule has 0 atom stereocenters. The molecule has 2 aromatic rings. The van der Waals surface area contributed by atoms with Crippen LogP contribution in [0.15, 0.2) is 48.5 Å². The number of nitrogens with one attached hydrogen (secondary N) is 1. The summed E-state index contributed by atoms with van der Waals surface area (Å²) in [4.78, 5) is 0. The van der Waals surface area contributed by atoms with E-state index < -0.39 is 0 Å². The molecular formula is C18H22ClNO. The minimum atomic E-state index is 0.776. The van der Waals surface area contributed by atoms with Crippen LogP contribution in [-0.2, 0) is 13.0 Å². The van der Waals surface area contributed by atoms with E-state index in [-0.39, 0.29) is 0 Å². The number of rotatable bonds is 8. The Balaban J connectivity index is 1.69. The maximum Gasteiger partial charge on any atom is 0.119 e. The van der Waals surface area contributed by atoms with Crippen LogP contribution in [0.3, 0.4) is 0 Å². The van der Waals surface area contributed by atoms with E-state index in [0.717, 1.165) is 43.3 Å². The lowest BCUT2D eigenvalue weighted by atomic mass is 10.1. The lowest BCUT2D eigenvalue weighted by molar-refractivity contribution is 0.317. The SMILES string of the molecule is CCCOc1ccc(CNCCc2ccc(Cl)cc2)cc1. The van der Waals surface area contributed by atoms with Gasteiger partial charge in [0.2, 0.25) is 0 Å². The van der Waals surface area contributed by atoms with Crippen molar-refractivity contribution in [3.05, 3.63) is 64.7 Å². The molecule has 0 fully saturated rings. The van der Waals surface area contributed by atoms with Crippen molar-refractivity contribution >= 4 is 11.6 Å². The van der Waals surface area contributed by atoms with Gasteiger partial charge in [-0.15, -0.1) is 0 Å². The molecule has 0 spiro atoms. The van der Waals surface area contributed by atoms with Crippen molar-refractivity contribution in [3.8, 4) is 5.75 Å². The zero-order valence-corrected chi connectivity index (χ0v) is 13.2. The maximum atomic E-state index is 5.87. The molecule has 112 valence electrons. The molecule has 2 rings (SSSR count). The third-order valence-electron chi connectivity index (χ3n) is 3.23. The summed E-state index contributed by atoms with van der Waals surface area (Å²) < 4.78 is 5.57. The highest BCUT2D eigenvalue weighted by molar-refractivity contribution is 6.30. The molecule has 2 aromatic carbocycles. The van der Waals surface area contributed by atoms with Crippen LogP contribution in [-0.4, -0.2) is 13.2 Å². The summed E-state index contributed by atoms with van der Waals surface area (Å²) in [6, 6.07) is 16.3. The van der Waals surface area contributed by atoms with Crippen molar-refractivity contribution < 1.29 is 4.74 Å². The molecule has 2 nitrogen and oxygen atoms in total. The summed E-state index contributed by atoms with van der Waals surface area (Å²) in [6.45, 7) is 4.72. The van der Waals surface area contributed by atoms with Gasteiger partial charge in [-0.2, -0.15) is 0 Å². The smallest absolute Gasteiger partial charge is 0.119 e. The Hall–Kier alpha value is -1.51. The highest BCUT2D eigenvalue weighted by atomic mass is 35.5. The highest BCUT2D eigenvalue weighted by Gasteiger charge is 1.97. The largest absolute Gasteiger partial charge is 0.494 e. The van der Waals surface area contributed by atoms with E-state index in [1.165, 1.54) is 11.1 Å². The summed E-state index contributed by atoms with van der Waals surface area (Å²) in [7, 11) is 0. The van der Waals surface area contributed by atoms with E-state index in [2.05, 4.69) is 36.5 Å². The van der Waals surface area contributed by atoms with E-state index >= 15 is 0 Å². The van der Waals surface area contributed by atoms with Gasteiger partial charge >= 0.3 is 0 Å². The molecule has 0 radical (unpaired) electrons. The van der Waals surface area contributed by atoms with Gasteiger partial charge in [-0.25, -0.2) is 0 Å². The average Bonchev–Trinajstić information content (AvgIpc) is 2.52. The second-order valence-electron chi connectivity index (χ2n) is 5.05. The van der Waals surface area contributed by atoms with Crippen LogP contribution in [0, 0.1) is 0 Å². The van der Waals surface area contributed by atoms with E-state index in [0.29, 0.717) is 0 Å². The average molecular weight is 304 g/mol. The predicted molar refractivity (Wildman–Crippen MR) is 89.1 cm³/mol.